The van der Waals surface area contributed by atoms with Crippen LogP contribution in [0.1, 0.15) is 68.1 Å². The Morgan fingerprint density at radius 3 is 2.59 bits per heavy atom. The first-order valence-corrected chi connectivity index (χ1v) is 12.4. The molecule has 0 spiro atoms. The lowest BCUT2D eigenvalue weighted by molar-refractivity contribution is -0.138. The molecule has 3 heterocycles. The van der Waals surface area contributed by atoms with Gasteiger partial charge in [-0.25, -0.2) is 9.97 Å². The summed E-state index contributed by atoms with van der Waals surface area (Å²) in [6.45, 7) is 5.67. The van der Waals surface area contributed by atoms with Crippen LogP contribution in [0.2, 0.25) is 0 Å². The normalized spacial score (nSPS) is 20.0. The van der Waals surface area contributed by atoms with Crippen LogP contribution in [0.15, 0.2) is 0 Å². The number of carbonyl (C=O) groups is 1. The third-order valence-electron chi connectivity index (χ3n) is 6.94. The van der Waals surface area contributed by atoms with Crippen molar-refractivity contribution in [2.75, 3.05) is 31.1 Å². The average molecular weight is 413 g/mol. The zero-order chi connectivity index (χ0) is 19.8. The van der Waals surface area contributed by atoms with Gasteiger partial charge in [0.1, 0.15) is 16.5 Å². The molecule has 1 amide bonds. The van der Waals surface area contributed by atoms with Gasteiger partial charge in [0.25, 0.3) is 0 Å². The molecule has 2 aliphatic carbocycles. The van der Waals surface area contributed by atoms with Crippen molar-refractivity contribution in [3.8, 4) is 0 Å². The number of hydrogen-bond acceptors (Lipinski definition) is 5. The summed E-state index contributed by atoms with van der Waals surface area (Å²) in [5, 5.41) is 1.32. The summed E-state index contributed by atoms with van der Waals surface area (Å²) in [5.41, 5.74) is 1.52. The number of amides is 1. The fourth-order valence-electron chi connectivity index (χ4n) is 4.91. The fraction of sp³-hybridized carbons (Fsp3) is 0.696. The van der Waals surface area contributed by atoms with Gasteiger partial charge < -0.3 is 9.80 Å². The zero-order valence-electron chi connectivity index (χ0n) is 17.6. The number of nitrogens with zero attached hydrogens (tertiary/aromatic N) is 4. The highest BCUT2D eigenvalue weighted by molar-refractivity contribution is 7.19. The molecule has 156 valence electrons. The maximum atomic E-state index is 12.6. The smallest absolute Gasteiger partial charge is 0.225 e. The molecular weight excluding hydrogens is 380 g/mol. The molecule has 1 saturated carbocycles. The summed E-state index contributed by atoms with van der Waals surface area (Å²) in [4.78, 5) is 30.0. The van der Waals surface area contributed by atoms with Crippen molar-refractivity contribution in [3.05, 3.63) is 16.3 Å². The minimum Gasteiger partial charge on any atom is -0.352 e. The Labute approximate surface area is 177 Å². The molecule has 2 aromatic heterocycles. The molecule has 0 N–H and O–H groups in total. The van der Waals surface area contributed by atoms with Gasteiger partial charge in [0.05, 0.1) is 5.39 Å². The highest BCUT2D eigenvalue weighted by Gasteiger charge is 2.32. The SMILES string of the molecule is CCCCc1nc(N2CCN(C(=O)C3CCC3)CC2)c2c3c(sc2n1)CCCC3. The Morgan fingerprint density at radius 2 is 1.86 bits per heavy atom. The molecule has 0 bridgehead atoms. The van der Waals surface area contributed by atoms with Crippen molar-refractivity contribution in [2.24, 2.45) is 5.92 Å². The van der Waals surface area contributed by atoms with Crippen LogP contribution in [-0.2, 0) is 24.1 Å². The molecule has 0 aromatic carbocycles. The van der Waals surface area contributed by atoms with Crippen LogP contribution in [0.3, 0.4) is 0 Å². The number of hydrogen-bond donors (Lipinski definition) is 0. The zero-order valence-corrected chi connectivity index (χ0v) is 18.4. The Bertz CT molecular complexity index is 896. The molecule has 6 heteroatoms. The number of piperazine rings is 1. The summed E-state index contributed by atoms with van der Waals surface area (Å²) in [6, 6.07) is 0. The first-order chi connectivity index (χ1) is 14.2. The van der Waals surface area contributed by atoms with Crippen LogP contribution in [0.5, 0.6) is 0 Å². The molecule has 1 aliphatic heterocycles. The summed E-state index contributed by atoms with van der Waals surface area (Å²) >= 11 is 1.90. The summed E-state index contributed by atoms with van der Waals surface area (Å²) in [6.07, 6.45) is 11.6. The Hall–Kier alpha value is -1.69. The number of anilines is 1. The van der Waals surface area contributed by atoms with Crippen LogP contribution in [0.25, 0.3) is 10.2 Å². The lowest BCUT2D eigenvalue weighted by Crippen LogP contribution is -2.51. The third kappa shape index (κ3) is 3.65. The molecule has 2 fully saturated rings. The van der Waals surface area contributed by atoms with Gasteiger partial charge in [-0.05, 0) is 50.5 Å². The van der Waals surface area contributed by atoms with Gasteiger partial charge in [-0.1, -0.05) is 19.8 Å². The molecule has 2 aromatic rings. The molecule has 0 unspecified atom stereocenters. The van der Waals surface area contributed by atoms with E-state index in [1.165, 1.54) is 59.2 Å². The molecule has 3 aliphatic rings. The van der Waals surface area contributed by atoms with E-state index in [0.29, 0.717) is 11.8 Å². The van der Waals surface area contributed by atoms with Crippen molar-refractivity contribution < 1.29 is 4.79 Å². The van der Waals surface area contributed by atoms with Crippen molar-refractivity contribution in [3.63, 3.8) is 0 Å². The summed E-state index contributed by atoms with van der Waals surface area (Å²) in [5.74, 6) is 2.84. The van der Waals surface area contributed by atoms with E-state index in [9.17, 15) is 4.79 Å². The summed E-state index contributed by atoms with van der Waals surface area (Å²) < 4.78 is 0. The van der Waals surface area contributed by atoms with Crippen LogP contribution in [0, 0.1) is 5.92 Å². The van der Waals surface area contributed by atoms with Crippen molar-refractivity contribution >= 4 is 33.3 Å². The van der Waals surface area contributed by atoms with E-state index in [2.05, 4.69) is 16.7 Å². The minimum absolute atomic E-state index is 0.303. The van der Waals surface area contributed by atoms with Gasteiger partial charge in [-0.3, -0.25) is 4.79 Å². The quantitative estimate of drug-likeness (QED) is 0.732. The van der Waals surface area contributed by atoms with E-state index in [0.717, 1.165) is 63.5 Å². The summed E-state index contributed by atoms with van der Waals surface area (Å²) in [7, 11) is 0. The topological polar surface area (TPSA) is 49.3 Å². The number of rotatable bonds is 5. The molecular formula is C23H32N4OS. The Kier molecular flexibility index (Phi) is 5.46. The van der Waals surface area contributed by atoms with Crippen LogP contribution >= 0.6 is 11.3 Å². The average Bonchev–Trinajstić information content (AvgIpc) is 3.09. The molecule has 0 radical (unpaired) electrons. The highest BCUT2D eigenvalue weighted by Crippen LogP contribution is 2.40. The van der Waals surface area contributed by atoms with Gasteiger partial charge in [0, 0.05) is 43.4 Å². The number of carbonyl (C=O) groups excluding carboxylic acids is 1. The van der Waals surface area contributed by atoms with Crippen molar-refractivity contribution in [1.82, 2.24) is 14.9 Å². The third-order valence-corrected chi connectivity index (χ3v) is 8.13. The second kappa shape index (κ2) is 8.21. The number of unbranched alkanes of at least 4 members (excludes halogenated alkanes) is 1. The number of fused-ring (bicyclic) bond motifs is 3. The molecule has 5 rings (SSSR count). The standard InChI is InChI=1S/C23H32N4OS/c1-2-3-11-19-24-21(20-17-9-4-5-10-18(17)29-22(20)25-19)26-12-14-27(15-13-26)23(28)16-7-6-8-16/h16H,2-15H2,1H3. The maximum absolute atomic E-state index is 12.6. The van der Waals surface area contributed by atoms with Crippen LogP contribution in [0.4, 0.5) is 5.82 Å². The van der Waals surface area contributed by atoms with Crippen LogP contribution < -0.4 is 4.90 Å². The molecule has 5 nitrogen and oxygen atoms in total. The van der Waals surface area contributed by atoms with Gasteiger partial charge in [0.15, 0.2) is 0 Å². The Morgan fingerprint density at radius 1 is 1.07 bits per heavy atom. The fourth-order valence-corrected chi connectivity index (χ4v) is 6.18. The van der Waals surface area contributed by atoms with Gasteiger partial charge >= 0.3 is 0 Å². The monoisotopic (exact) mass is 412 g/mol. The number of aromatic nitrogens is 2. The predicted octanol–water partition coefficient (Wildman–Crippen LogP) is 4.36. The molecule has 0 atom stereocenters. The Balaban J connectivity index is 1.43. The lowest BCUT2D eigenvalue weighted by atomic mass is 9.84. The van der Waals surface area contributed by atoms with Gasteiger partial charge in [0.2, 0.25) is 5.91 Å². The van der Waals surface area contributed by atoms with Gasteiger partial charge in [-0.15, -0.1) is 11.3 Å². The molecule has 1 saturated heterocycles. The van der Waals surface area contributed by atoms with E-state index in [1.807, 2.05) is 11.3 Å². The van der Waals surface area contributed by atoms with E-state index in [-0.39, 0.29) is 0 Å². The maximum Gasteiger partial charge on any atom is 0.225 e. The number of aryl methyl sites for hydroxylation is 3. The highest BCUT2D eigenvalue weighted by atomic mass is 32.1. The first kappa shape index (κ1) is 19.3. The minimum atomic E-state index is 0.303. The largest absolute Gasteiger partial charge is 0.352 e. The van der Waals surface area contributed by atoms with E-state index < -0.39 is 0 Å². The van der Waals surface area contributed by atoms with Crippen molar-refractivity contribution in [1.29, 1.82) is 0 Å². The molecule has 29 heavy (non-hydrogen) atoms. The van der Waals surface area contributed by atoms with Crippen LogP contribution in [-0.4, -0.2) is 47.0 Å². The second-order valence-corrected chi connectivity index (χ2v) is 9.98. The second-order valence-electron chi connectivity index (χ2n) is 8.90. The van der Waals surface area contributed by atoms with E-state index in [4.69, 9.17) is 9.97 Å². The number of thiophene rings is 1. The first-order valence-electron chi connectivity index (χ1n) is 11.6. The van der Waals surface area contributed by atoms with E-state index in [1.54, 1.807) is 0 Å². The predicted molar refractivity (Wildman–Crippen MR) is 119 cm³/mol. The van der Waals surface area contributed by atoms with Gasteiger partial charge in [-0.2, -0.15) is 0 Å². The van der Waals surface area contributed by atoms with E-state index >= 15 is 0 Å². The lowest BCUT2D eigenvalue weighted by Gasteiger charge is -2.39. The van der Waals surface area contributed by atoms with Crippen molar-refractivity contribution in [2.45, 2.75) is 71.1 Å².